The summed E-state index contributed by atoms with van der Waals surface area (Å²) in [5.74, 6) is -1.52. The number of nitrogens with zero attached hydrogens (tertiary/aromatic N) is 1. The number of amides is 1. The first-order chi connectivity index (χ1) is 7.90. The summed E-state index contributed by atoms with van der Waals surface area (Å²) in [7, 11) is 0. The second-order valence-corrected chi connectivity index (χ2v) is 4.43. The maximum Gasteiger partial charge on any atom is 0.324 e. The first-order valence-electron chi connectivity index (χ1n) is 4.67. The van der Waals surface area contributed by atoms with Crippen LogP contribution < -0.4 is 5.32 Å². The molecule has 1 rings (SSSR count). The van der Waals surface area contributed by atoms with Crippen LogP contribution in [-0.2, 0) is 4.79 Å². The van der Waals surface area contributed by atoms with Gasteiger partial charge in [0.05, 0.1) is 16.2 Å². The van der Waals surface area contributed by atoms with Crippen LogP contribution in [0.2, 0.25) is 0 Å². The standard InChI is InChI=1S/C9H10N2O5S/c1-5(4-8(12)13)10-9(14)6-2-3-7(17-6)11(15)16/h2-3,5H,4H2,1H3,(H,10,14)(H,12,13). The van der Waals surface area contributed by atoms with Crippen LogP contribution in [0.5, 0.6) is 0 Å². The van der Waals surface area contributed by atoms with Crippen molar-refractivity contribution in [2.75, 3.05) is 0 Å². The van der Waals surface area contributed by atoms with Crippen LogP contribution in [0.1, 0.15) is 23.0 Å². The zero-order chi connectivity index (χ0) is 13.0. The molecule has 2 N–H and O–H groups in total. The van der Waals surface area contributed by atoms with Gasteiger partial charge in [0, 0.05) is 12.1 Å². The Morgan fingerprint density at radius 2 is 2.24 bits per heavy atom. The van der Waals surface area contributed by atoms with Crippen molar-refractivity contribution < 1.29 is 19.6 Å². The molecule has 92 valence electrons. The third kappa shape index (κ3) is 3.83. The summed E-state index contributed by atoms with van der Waals surface area (Å²) in [5, 5.41) is 21.2. The quantitative estimate of drug-likeness (QED) is 0.610. The zero-order valence-electron chi connectivity index (χ0n) is 8.87. The molecule has 0 aliphatic carbocycles. The van der Waals surface area contributed by atoms with Crippen molar-refractivity contribution in [1.29, 1.82) is 0 Å². The molecule has 0 saturated heterocycles. The van der Waals surface area contributed by atoms with E-state index in [0.717, 1.165) is 11.3 Å². The molecule has 1 aromatic heterocycles. The van der Waals surface area contributed by atoms with Crippen LogP contribution in [0.3, 0.4) is 0 Å². The van der Waals surface area contributed by atoms with Crippen LogP contribution in [-0.4, -0.2) is 27.9 Å². The summed E-state index contributed by atoms with van der Waals surface area (Å²) in [4.78, 5) is 32.0. The molecule has 0 aromatic carbocycles. The number of carboxylic acids is 1. The van der Waals surface area contributed by atoms with E-state index in [-0.39, 0.29) is 16.3 Å². The summed E-state index contributed by atoms with van der Waals surface area (Å²) in [6, 6.07) is 2.05. The fourth-order valence-electron chi connectivity index (χ4n) is 1.16. The van der Waals surface area contributed by atoms with Crippen molar-refractivity contribution >= 4 is 28.2 Å². The van der Waals surface area contributed by atoms with Gasteiger partial charge in [-0.05, 0) is 13.0 Å². The van der Waals surface area contributed by atoms with Gasteiger partial charge in [-0.1, -0.05) is 11.3 Å². The second-order valence-electron chi connectivity index (χ2n) is 3.37. The first kappa shape index (κ1) is 13.1. The molecule has 0 aliphatic heterocycles. The molecule has 1 amide bonds. The smallest absolute Gasteiger partial charge is 0.324 e. The van der Waals surface area contributed by atoms with E-state index >= 15 is 0 Å². The normalized spacial score (nSPS) is 11.8. The lowest BCUT2D eigenvalue weighted by molar-refractivity contribution is -0.380. The van der Waals surface area contributed by atoms with Crippen molar-refractivity contribution in [3.63, 3.8) is 0 Å². The maximum atomic E-state index is 11.6. The largest absolute Gasteiger partial charge is 0.481 e. The molecular formula is C9H10N2O5S. The number of aliphatic carboxylic acids is 1. The Morgan fingerprint density at radius 3 is 2.71 bits per heavy atom. The second kappa shape index (κ2) is 5.39. The number of nitro groups is 1. The average molecular weight is 258 g/mol. The van der Waals surface area contributed by atoms with Crippen molar-refractivity contribution in [2.24, 2.45) is 0 Å². The Kier molecular flexibility index (Phi) is 4.16. The number of carboxylic acid groups (broad SMARTS) is 1. The van der Waals surface area contributed by atoms with E-state index in [1.54, 1.807) is 6.92 Å². The fraction of sp³-hybridized carbons (Fsp3) is 0.333. The average Bonchev–Trinajstić information content (AvgIpc) is 2.64. The van der Waals surface area contributed by atoms with Crippen molar-refractivity contribution in [2.45, 2.75) is 19.4 Å². The molecule has 1 unspecified atom stereocenters. The van der Waals surface area contributed by atoms with Gasteiger partial charge in [0.25, 0.3) is 5.91 Å². The van der Waals surface area contributed by atoms with E-state index in [4.69, 9.17) is 5.11 Å². The van der Waals surface area contributed by atoms with E-state index in [2.05, 4.69) is 5.32 Å². The van der Waals surface area contributed by atoms with Gasteiger partial charge in [0.2, 0.25) is 0 Å². The van der Waals surface area contributed by atoms with Gasteiger partial charge in [-0.3, -0.25) is 19.7 Å². The number of thiophene rings is 1. The Labute approximate surface area is 100 Å². The molecule has 0 radical (unpaired) electrons. The number of hydrogen-bond acceptors (Lipinski definition) is 5. The highest BCUT2D eigenvalue weighted by atomic mass is 32.1. The third-order valence-corrected chi connectivity index (χ3v) is 2.89. The molecule has 8 heteroatoms. The van der Waals surface area contributed by atoms with Crippen LogP contribution in [0.4, 0.5) is 5.00 Å². The van der Waals surface area contributed by atoms with Crippen molar-refractivity contribution in [3.8, 4) is 0 Å². The summed E-state index contributed by atoms with van der Waals surface area (Å²) in [6.07, 6.45) is -0.195. The van der Waals surface area contributed by atoms with E-state index in [1.807, 2.05) is 0 Å². The molecule has 0 bridgehead atoms. The Morgan fingerprint density at radius 1 is 1.59 bits per heavy atom. The molecule has 1 aromatic rings. The van der Waals surface area contributed by atoms with Gasteiger partial charge >= 0.3 is 11.0 Å². The Hall–Kier alpha value is -1.96. The summed E-state index contributed by atoms with van der Waals surface area (Å²) >= 11 is 0.751. The minimum absolute atomic E-state index is 0.124. The van der Waals surface area contributed by atoms with Gasteiger partial charge in [-0.15, -0.1) is 0 Å². The Bertz CT molecular complexity index is 456. The number of hydrogen-bond donors (Lipinski definition) is 2. The van der Waals surface area contributed by atoms with Gasteiger partial charge in [-0.2, -0.15) is 0 Å². The summed E-state index contributed by atoms with van der Waals surface area (Å²) in [6.45, 7) is 1.55. The monoisotopic (exact) mass is 258 g/mol. The Balaban J connectivity index is 2.63. The number of carbonyl (C=O) groups excluding carboxylic acids is 1. The van der Waals surface area contributed by atoms with Crippen LogP contribution >= 0.6 is 11.3 Å². The van der Waals surface area contributed by atoms with Gasteiger partial charge in [-0.25, -0.2) is 0 Å². The fourth-order valence-corrected chi connectivity index (χ4v) is 1.88. The maximum absolute atomic E-state index is 11.6. The molecule has 17 heavy (non-hydrogen) atoms. The highest BCUT2D eigenvalue weighted by Gasteiger charge is 2.17. The summed E-state index contributed by atoms with van der Waals surface area (Å²) < 4.78 is 0. The predicted molar refractivity (Wildman–Crippen MR) is 60.2 cm³/mol. The predicted octanol–water partition coefficient (Wildman–Crippen LogP) is 1.25. The van der Waals surface area contributed by atoms with Crippen molar-refractivity contribution in [3.05, 3.63) is 27.1 Å². The topological polar surface area (TPSA) is 110 Å². The number of carbonyl (C=O) groups is 2. The van der Waals surface area contributed by atoms with Crippen LogP contribution in [0.25, 0.3) is 0 Å². The molecule has 7 nitrogen and oxygen atoms in total. The lowest BCUT2D eigenvalue weighted by Crippen LogP contribution is -2.33. The number of nitrogens with one attached hydrogen (secondary N) is 1. The SMILES string of the molecule is CC(CC(=O)O)NC(=O)c1ccc([N+](=O)[O-])s1. The minimum atomic E-state index is -1.02. The lowest BCUT2D eigenvalue weighted by Gasteiger charge is -2.09. The highest BCUT2D eigenvalue weighted by molar-refractivity contribution is 7.17. The van der Waals surface area contributed by atoms with Gasteiger partial charge < -0.3 is 10.4 Å². The lowest BCUT2D eigenvalue weighted by atomic mass is 10.2. The van der Waals surface area contributed by atoms with E-state index < -0.39 is 22.8 Å². The molecule has 0 saturated carbocycles. The minimum Gasteiger partial charge on any atom is -0.481 e. The van der Waals surface area contributed by atoms with E-state index in [0.29, 0.717) is 0 Å². The first-order valence-corrected chi connectivity index (χ1v) is 5.48. The summed E-state index contributed by atoms with van der Waals surface area (Å²) in [5.41, 5.74) is 0. The molecule has 1 heterocycles. The zero-order valence-corrected chi connectivity index (χ0v) is 9.69. The third-order valence-electron chi connectivity index (χ3n) is 1.85. The molecule has 0 spiro atoms. The highest BCUT2D eigenvalue weighted by Crippen LogP contribution is 2.23. The van der Waals surface area contributed by atoms with E-state index in [9.17, 15) is 19.7 Å². The van der Waals surface area contributed by atoms with Gasteiger partial charge in [0.1, 0.15) is 0 Å². The van der Waals surface area contributed by atoms with Crippen LogP contribution in [0, 0.1) is 10.1 Å². The molecule has 1 atom stereocenters. The number of rotatable bonds is 5. The van der Waals surface area contributed by atoms with E-state index in [1.165, 1.54) is 12.1 Å². The van der Waals surface area contributed by atoms with Gasteiger partial charge in [0.15, 0.2) is 0 Å². The molecule has 0 fully saturated rings. The van der Waals surface area contributed by atoms with Crippen molar-refractivity contribution in [1.82, 2.24) is 5.32 Å². The molecular weight excluding hydrogens is 248 g/mol. The van der Waals surface area contributed by atoms with Crippen LogP contribution in [0.15, 0.2) is 12.1 Å². The molecule has 0 aliphatic rings.